The molecule has 1 saturated heterocycles. The summed E-state index contributed by atoms with van der Waals surface area (Å²) in [7, 11) is -3.78. The molecule has 5 rings (SSSR count). The highest BCUT2D eigenvalue weighted by atomic mass is 32.2. The predicted octanol–water partition coefficient (Wildman–Crippen LogP) is 3.61. The number of rotatable bonds is 10. The Morgan fingerprint density at radius 3 is 2.45 bits per heavy atom. The highest BCUT2D eigenvalue weighted by molar-refractivity contribution is 7.91. The van der Waals surface area contributed by atoms with Crippen molar-refractivity contribution in [2.24, 2.45) is 11.3 Å². The Balaban J connectivity index is 1.30. The first-order valence-corrected chi connectivity index (χ1v) is 16.8. The van der Waals surface area contributed by atoms with Gasteiger partial charge < -0.3 is 15.5 Å². The van der Waals surface area contributed by atoms with Crippen LogP contribution in [0, 0.1) is 18.3 Å². The van der Waals surface area contributed by atoms with Crippen molar-refractivity contribution in [3.63, 3.8) is 0 Å². The number of carbonyl (C=O) groups is 3. The van der Waals surface area contributed by atoms with Crippen molar-refractivity contribution in [1.29, 1.82) is 0 Å². The number of likely N-dealkylation sites (tertiary alicyclic amines) is 1. The molecule has 0 spiro atoms. The monoisotopic (exact) mass is 613 g/mol. The molecule has 1 aromatic carbocycles. The van der Waals surface area contributed by atoms with Crippen LogP contribution in [-0.4, -0.2) is 65.4 Å². The predicted molar refractivity (Wildman–Crippen MR) is 163 cm³/mol. The minimum Gasteiger partial charge on any atom is -0.349 e. The van der Waals surface area contributed by atoms with Crippen LogP contribution in [0.25, 0.3) is 11.3 Å². The first-order chi connectivity index (χ1) is 19.7. The van der Waals surface area contributed by atoms with Gasteiger partial charge in [-0.3, -0.25) is 19.1 Å². The Morgan fingerprint density at radius 2 is 1.86 bits per heavy atom. The van der Waals surface area contributed by atoms with Gasteiger partial charge in [-0.1, -0.05) is 56.7 Å². The fraction of sp³-hybridized carbons (Fsp3) is 0.533. The Kier molecular flexibility index (Phi) is 7.99. The van der Waals surface area contributed by atoms with Gasteiger partial charge in [-0.05, 0) is 44.4 Å². The van der Waals surface area contributed by atoms with Crippen molar-refractivity contribution < 1.29 is 22.8 Å². The number of benzene rings is 1. The number of carbonyl (C=O) groups excluding carboxylic acids is 3. The molecule has 3 N–H and O–H groups in total. The van der Waals surface area contributed by atoms with Crippen LogP contribution < -0.4 is 15.4 Å². The quantitative estimate of drug-likeness (QED) is 0.348. The van der Waals surface area contributed by atoms with Crippen LogP contribution in [0.15, 0.2) is 42.3 Å². The summed E-state index contributed by atoms with van der Waals surface area (Å²) in [4.78, 5) is 47.0. The van der Waals surface area contributed by atoms with E-state index in [1.165, 1.54) is 11.3 Å². The summed E-state index contributed by atoms with van der Waals surface area (Å²) in [5, 5.41) is 8.15. The average Bonchev–Trinajstić information content (AvgIpc) is 3.80. The number of nitrogens with zero attached hydrogens (tertiary/aromatic N) is 2. The molecule has 4 atom stereocenters. The van der Waals surface area contributed by atoms with Crippen molar-refractivity contribution in [2.75, 3.05) is 11.9 Å². The third-order valence-electron chi connectivity index (χ3n) is 8.32. The average molecular weight is 614 g/mol. The fourth-order valence-corrected chi connectivity index (χ4v) is 7.57. The number of amides is 3. The summed E-state index contributed by atoms with van der Waals surface area (Å²) in [6.07, 6.45) is 3.93. The van der Waals surface area contributed by atoms with E-state index in [-0.39, 0.29) is 12.3 Å². The normalized spacial score (nSPS) is 24.5. The first kappa shape index (κ1) is 30.2. The molecule has 0 radical (unpaired) electrons. The molecule has 0 bridgehead atoms. The topological polar surface area (TPSA) is 138 Å². The molecule has 1 aliphatic heterocycles. The molecule has 2 aliphatic carbocycles. The van der Waals surface area contributed by atoms with Crippen molar-refractivity contribution >= 4 is 44.2 Å². The first-order valence-electron chi connectivity index (χ1n) is 14.4. The second-order valence-electron chi connectivity index (χ2n) is 12.7. The lowest BCUT2D eigenvalue weighted by molar-refractivity contribution is -0.141. The van der Waals surface area contributed by atoms with E-state index in [9.17, 15) is 22.8 Å². The van der Waals surface area contributed by atoms with Crippen molar-refractivity contribution in [1.82, 2.24) is 19.9 Å². The highest BCUT2D eigenvalue weighted by Crippen LogP contribution is 2.45. The lowest BCUT2D eigenvalue weighted by Crippen LogP contribution is -2.58. The number of hydrogen-bond donors (Lipinski definition) is 3. The standard InChI is InChI=1S/C30H39N5O5S2/c1-6-20-16-30(20,27(38)34-42(39,40)21-13-14-21)33-25(36)23-8-7-15-35(23)26(37)24(29(3,4)5)32-28-31-22(17-41-28)19-11-9-18(2)10-12-19/h6,9-12,17,20-21,23-24H,1,7-8,13-16H2,2-5H3,(H,31,32)(H,33,36)(H,34,38)/t20-,23+,24-,30-/m1/s1. The van der Waals surface area contributed by atoms with Gasteiger partial charge in [0.25, 0.3) is 5.91 Å². The lowest BCUT2D eigenvalue weighted by Gasteiger charge is -2.35. The second kappa shape index (κ2) is 11.1. The molecule has 0 unspecified atom stereocenters. The molecular weight excluding hydrogens is 574 g/mol. The van der Waals surface area contributed by atoms with E-state index in [1.54, 1.807) is 11.0 Å². The second-order valence-corrected chi connectivity index (χ2v) is 15.5. The maximum atomic E-state index is 14.0. The van der Waals surface area contributed by atoms with Crippen molar-refractivity contribution in [3.8, 4) is 11.3 Å². The molecule has 2 aromatic rings. The van der Waals surface area contributed by atoms with E-state index in [4.69, 9.17) is 4.98 Å². The van der Waals surface area contributed by atoms with E-state index in [0.717, 1.165) is 16.8 Å². The minimum absolute atomic E-state index is 0.224. The van der Waals surface area contributed by atoms with Gasteiger partial charge in [0, 0.05) is 23.4 Å². The molecular formula is C30H39N5O5S2. The Hall–Kier alpha value is -3.25. The van der Waals surface area contributed by atoms with Crippen molar-refractivity contribution in [3.05, 3.63) is 47.9 Å². The van der Waals surface area contributed by atoms with Crippen LogP contribution in [-0.2, 0) is 24.4 Å². The van der Waals surface area contributed by atoms with Crippen LogP contribution in [0.5, 0.6) is 0 Å². The van der Waals surface area contributed by atoms with Crippen LogP contribution in [0.3, 0.4) is 0 Å². The van der Waals surface area contributed by atoms with Crippen molar-refractivity contribution in [2.45, 2.75) is 82.7 Å². The molecule has 3 aliphatic rings. The molecule has 12 heteroatoms. The highest BCUT2D eigenvalue weighted by Gasteiger charge is 2.61. The van der Waals surface area contributed by atoms with Gasteiger partial charge in [-0.15, -0.1) is 17.9 Å². The smallest absolute Gasteiger partial charge is 0.259 e. The SMILES string of the molecule is C=C[C@@H]1C[C@]1(NC(=O)[C@@H]1CCCN1C(=O)[C@@H](Nc1nc(-c2ccc(C)cc2)cs1)C(C)(C)C)C(=O)NS(=O)(=O)C1CC1. The molecule has 3 amide bonds. The zero-order valence-electron chi connectivity index (χ0n) is 24.5. The summed E-state index contributed by atoms with van der Waals surface area (Å²) in [6.45, 7) is 12.1. The third-order valence-corrected chi connectivity index (χ3v) is 10.9. The van der Waals surface area contributed by atoms with Crippen LogP contribution in [0.2, 0.25) is 0 Å². The zero-order chi connectivity index (χ0) is 30.4. The molecule has 2 saturated carbocycles. The lowest BCUT2D eigenvalue weighted by atomic mass is 9.85. The minimum atomic E-state index is -3.78. The summed E-state index contributed by atoms with van der Waals surface area (Å²) in [5.41, 5.74) is 1.08. The number of sulfonamides is 1. The molecule has 10 nitrogen and oxygen atoms in total. The molecule has 226 valence electrons. The van der Waals surface area contributed by atoms with E-state index in [1.807, 2.05) is 57.3 Å². The Bertz CT molecular complexity index is 1490. The Labute approximate surface area is 251 Å². The van der Waals surface area contributed by atoms with Gasteiger partial charge in [0.05, 0.1) is 10.9 Å². The molecule has 1 aromatic heterocycles. The Morgan fingerprint density at radius 1 is 1.17 bits per heavy atom. The number of thiazole rings is 1. The van der Waals surface area contributed by atoms with Crippen LogP contribution in [0.1, 0.15) is 58.4 Å². The van der Waals surface area contributed by atoms with Gasteiger partial charge in [0.15, 0.2) is 5.13 Å². The summed E-state index contributed by atoms with van der Waals surface area (Å²) >= 11 is 1.42. The number of nitrogens with one attached hydrogen (secondary N) is 3. The van der Waals surface area contributed by atoms with Crippen LogP contribution >= 0.6 is 11.3 Å². The van der Waals surface area contributed by atoms with Gasteiger partial charge in [0.2, 0.25) is 21.8 Å². The van der Waals surface area contributed by atoms with Gasteiger partial charge in [0.1, 0.15) is 17.6 Å². The fourth-order valence-electron chi connectivity index (χ4n) is 5.46. The van der Waals surface area contributed by atoms with Gasteiger partial charge in [-0.2, -0.15) is 0 Å². The van der Waals surface area contributed by atoms with E-state index in [2.05, 4.69) is 21.9 Å². The largest absolute Gasteiger partial charge is 0.349 e. The van der Waals surface area contributed by atoms with E-state index < -0.39 is 56.0 Å². The maximum absolute atomic E-state index is 14.0. The summed E-state index contributed by atoms with van der Waals surface area (Å²) < 4.78 is 27.0. The number of hydrogen-bond acceptors (Lipinski definition) is 8. The molecule has 2 heterocycles. The maximum Gasteiger partial charge on any atom is 0.259 e. The number of aromatic nitrogens is 1. The van der Waals surface area contributed by atoms with E-state index in [0.29, 0.717) is 37.4 Å². The molecule has 42 heavy (non-hydrogen) atoms. The van der Waals surface area contributed by atoms with E-state index >= 15 is 0 Å². The summed E-state index contributed by atoms with van der Waals surface area (Å²) in [5.74, 6) is -1.82. The molecule has 3 fully saturated rings. The third kappa shape index (κ3) is 6.10. The number of aryl methyl sites for hydroxylation is 1. The van der Waals surface area contributed by atoms with Gasteiger partial charge in [-0.25, -0.2) is 13.4 Å². The summed E-state index contributed by atoms with van der Waals surface area (Å²) in [6, 6.07) is 6.64. The zero-order valence-corrected chi connectivity index (χ0v) is 26.1. The van der Waals surface area contributed by atoms with Gasteiger partial charge >= 0.3 is 0 Å². The number of anilines is 1. The van der Waals surface area contributed by atoms with Crippen LogP contribution in [0.4, 0.5) is 5.13 Å².